The van der Waals surface area contributed by atoms with Gasteiger partial charge in [0.05, 0.1) is 4.90 Å². The minimum absolute atomic E-state index is 0.0927. The van der Waals surface area contributed by atoms with Crippen molar-refractivity contribution in [2.75, 3.05) is 0 Å². The number of H-pyrrole nitrogens is 1. The third-order valence-corrected chi connectivity index (χ3v) is 5.22. The van der Waals surface area contributed by atoms with Gasteiger partial charge in [-0.25, -0.2) is 13.1 Å². The van der Waals surface area contributed by atoms with Crippen molar-refractivity contribution in [1.82, 2.24) is 9.71 Å². The van der Waals surface area contributed by atoms with Crippen LogP contribution in [0, 0.1) is 6.92 Å². The highest BCUT2D eigenvalue weighted by Gasteiger charge is 2.20. The van der Waals surface area contributed by atoms with Gasteiger partial charge in [0.2, 0.25) is 10.0 Å². The van der Waals surface area contributed by atoms with Gasteiger partial charge in [-0.1, -0.05) is 37.5 Å². The first kappa shape index (κ1) is 16.8. The minimum Gasteiger partial charge on any atom is -0.365 e. The predicted octanol–water partition coefficient (Wildman–Crippen LogP) is 3.40. The maximum atomic E-state index is 12.5. The second-order valence-electron chi connectivity index (χ2n) is 5.67. The fourth-order valence-corrected chi connectivity index (χ4v) is 3.69. The normalized spacial score (nSPS) is 13.2. The van der Waals surface area contributed by atoms with Gasteiger partial charge in [-0.05, 0) is 37.6 Å². The molecule has 2 N–H and O–H groups in total. The lowest BCUT2D eigenvalue weighted by atomic mass is 10.1. The van der Waals surface area contributed by atoms with E-state index in [4.69, 9.17) is 0 Å². The molecule has 22 heavy (non-hydrogen) atoms. The summed E-state index contributed by atoms with van der Waals surface area (Å²) in [6.07, 6.45) is 5.43. The molecular weight excluding hydrogens is 296 g/mol. The van der Waals surface area contributed by atoms with E-state index in [9.17, 15) is 8.42 Å². The maximum absolute atomic E-state index is 12.5. The lowest BCUT2D eigenvalue weighted by Gasteiger charge is -2.18. The van der Waals surface area contributed by atoms with Crippen LogP contribution < -0.4 is 4.72 Å². The maximum Gasteiger partial charge on any atom is 0.240 e. The van der Waals surface area contributed by atoms with Crippen LogP contribution in [0.2, 0.25) is 0 Å². The number of unbranched alkanes of at least 4 members (excludes halogenated alkanes) is 1. The standard InChI is InChI=1S/C17H24N2O2S/c1-3-4-6-16(13-15-7-5-12-18-15)19-22(20,21)17-10-8-14(2)9-11-17/h5,7-12,16,18-19H,3-4,6,13H2,1-2H3. The molecule has 0 aliphatic rings. The first-order valence-electron chi connectivity index (χ1n) is 7.72. The van der Waals surface area contributed by atoms with E-state index < -0.39 is 10.0 Å². The molecule has 2 aromatic rings. The smallest absolute Gasteiger partial charge is 0.240 e. The Morgan fingerprint density at radius 3 is 2.50 bits per heavy atom. The van der Waals surface area contributed by atoms with E-state index in [1.165, 1.54) is 0 Å². The molecule has 1 atom stereocenters. The summed E-state index contributed by atoms with van der Waals surface area (Å²) in [5.41, 5.74) is 2.10. The summed E-state index contributed by atoms with van der Waals surface area (Å²) in [5.74, 6) is 0. The van der Waals surface area contributed by atoms with Gasteiger partial charge in [-0.2, -0.15) is 0 Å². The molecule has 5 heteroatoms. The number of aryl methyl sites for hydroxylation is 1. The summed E-state index contributed by atoms with van der Waals surface area (Å²) < 4.78 is 27.9. The lowest BCUT2D eigenvalue weighted by molar-refractivity contribution is 0.506. The summed E-state index contributed by atoms with van der Waals surface area (Å²) in [6.45, 7) is 4.05. The Kier molecular flexibility index (Phi) is 5.80. The zero-order chi connectivity index (χ0) is 16.0. The summed E-state index contributed by atoms with van der Waals surface area (Å²) in [5, 5.41) is 0. The molecule has 1 heterocycles. The first-order valence-corrected chi connectivity index (χ1v) is 9.21. The number of rotatable bonds is 8. The number of hydrogen-bond donors (Lipinski definition) is 2. The quantitative estimate of drug-likeness (QED) is 0.783. The molecule has 120 valence electrons. The Morgan fingerprint density at radius 2 is 1.91 bits per heavy atom. The van der Waals surface area contributed by atoms with E-state index in [2.05, 4.69) is 16.6 Å². The molecule has 0 saturated heterocycles. The van der Waals surface area contributed by atoms with Crippen LogP contribution in [0.1, 0.15) is 37.4 Å². The van der Waals surface area contributed by atoms with Crippen LogP contribution in [-0.4, -0.2) is 19.4 Å². The van der Waals surface area contributed by atoms with Gasteiger partial charge in [0, 0.05) is 24.4 Å². The number of sulfonamides is 1. The Hall–Kier alpha value is -1.59. The Bertz CT molecular complexity index is 661. The minimum atomic E-state index is -3.47. The average molecular weight is 320 g/mol. The predicted molar refractivity (Wildman–Crippen MR) is 89.3 cm³/mol. The zero-order valence-corrected chi connectivity index (χ0v) is 14.0. The van der Waals surface area contributed by atoms with Crippen molar-refractivity contribution in [1.29, 1.82) is 0 Å². The van der Waals surface area contributed by atoms with E-state index >= 15 is 0 Å². The largest absolute Gasteiger partial charge is 0.365 e. The molecule has 0 fully saturated rings. The first-order chi connectivity index (χ1) is 10.5. The highest BCUT2D eigenvalue weighted by atomic mass is 32.2. The zero-order valence-electron chi connectivity index (χ0n) is 13.2. The summed E-state index contributed by atoms with van der Waals surface area (Å²) in [4.78, 5) is 3.47. The summed E-state index contributed by atoms with van der Waals surface area (Å²) in [7, 11) is -3.47. The summed E-state index contributed by atoms with van der Waals surface area (Å²) >= 11 is 0. The van der Waals surface area contributed by atoms with E-state index in [1.54, 1.807) is 12.1 Å². The molecule has 0 bridgehead atoms. The SMILES string of the molecule is CCCCC(Cc1ccc[nH]1)NS(=O)(=O)c1ccc(C)cc1. The highest BCUT2D eigenvalue weighted by molar-refractivity contribution is 7.89. The molecule has 1 unspecified atom stereocenters. The van der Waals surface area contributed by atoms with Crippen molar-refractivity contribution in [2.45, 2.75) is 50.5 Å². The van der Waals surface area contributed by atoms with Crippen LogP contribution >= 0.6 is 0 Å². The monoisotopic (exact) mass is 320 g/mol. The van der Waals surface area contributed by atoms with Crippen molar-refractivity contribution >= 4 is 10.0 Å². The molecule has 0 spiro atoms. The molecule has 0 saturated carbocycles. The average Bonchev–Trinajstić information content (AvgIpc) is 2.98. The van der Waals surface area contributed by atoms with Crippen molar-refractivity contribution in [2.24, 2.45) is 0 Å². The molecular formula is C17H24N2O2S. The molecule has 4 nitrogen and oxygen atoms in total. The van der Waals surface area contributed by atoms with Crippen molar-refractivity contribution in [3.05, 3.63) is 53.9 Å². The van der Waals surface area contributed by atoms with Gasteiger partial charge >= 0.3 is 0 Å². The van der Waals surface area contributed by atoms with Gasteiger partial charge in [-0.3, -0.25) is 0 Å². The number of hydrogen-bond acceptors (Lipinski definition) is 2. The Morgan fingerprint density at radius 1 is 1.18 bits per heavy atom. The number of benzene rings is 1. The molecule has 0 radical (unpaired) electrons. The molecule has 0 amide bonds. The van der Waals surface area contributed by atoms with Crippen molar-refractivity contribution < 1.29 is 8.42 Å². The number of aromatic nitrogens is 1. The van der Waals surface area contributed by atoms with E-state index in [0.717, 1.165) is 30.5 Å². The third-order valence-electron chi connectivity index (χ3n) is 3.69. The van der Waals surface area contributed by atoms with Gasteiger partial charge in [0.15, 0.2) is 0 Å². The molecule has 1 aromatic carbocycles. The Labute approximate surface area is 133 Å². The lowest BCUT2D eigenvalue weighted by Crippen LogP contribution is -2.36. The topological polar surface area (TPSA) is 62.0 Å². The third kappa shape index (κ3) is 4.71. The van der Waals surface area contributed by atoms with E-state index in [-0.39, 0.29) is 6.04 Å². The van der Waals surface area contributed by atoms with Crippen LogP contribution in [0.4, 0.5) is 0 Å². The Balaban J connectivity index is 2.12. The fraction of sp³-hybridized carbons (Fsp3) is 0.412. The highest BCUT2D eigenvalue weighted by Crippen LogP contribution is 2.14. The molecule has 0 aliphatic heterocycles. The van der Waals surface area contributed by atoms with E-state index in [1.807, 2.05) is 37.4 Å². The van der Waals surface area contributed by atoms with Crippen LogP contribution in [0.25, 0.3) is 0 Å². The second kappa shape index (κ2) is 7.61. The molecule has 1 aromatic heterocycles. The van der Waals surface area contributed by atoms with Crippen molar-refractivity contribution in [3.63, 3.8) is 0 Å². The van der Waals surface area contributed by atoms with Crippen LogP contribution in [0.5, 0.6) is 0 Å². The number of nitrogens with one attached hydrogen (secondary N) is 2. The number of aromatic amines is 1. The summed E-state index contributed by atoms with van der Waals surface area (Å²) in [6, 6.07) is 10.8. The van der Waals surface area contributed by atoms with Gasteiger partial charge in [-0.15, -0.1) is 0 Å². The second-order valence-corrected chi connectivity index (χ2v) is 7.39. The van der Waals surface area contributed by atoms with Gasteiger partial charge in [0.25, 0.3) is 0 Å². The van der Waals surface area contributed by atoms with Gasteiger partial charge < -0.3 is 4.98 Å². The fourth-order valence-electron chi connectivity index (χ4n) is 2.42. The van der Waals surface area contributed by atoms with Crippen LogP contribution in [-0.2, 0) is 16.4 Å². The molecule has 0 aliphatic carbocycles. The molecule has 2 rings (SSSR count). The van der Waals surface area contributed by atoms with Crippen LogP contribution in [0.15, 0.2) is 47.5 Å². The van der Waals surface area contributed by atoms with E-state index in [0.29, 0.717) is 11.3 Å². The van der Waals surface area contributed by atoms with Crippen LogP contribution in [0.3, 0.4) is 0 Å². The van der Waals surface area contributed by atoms with Crippen molar-refractivity contribution in [3.8, 4) is 0 Å². The van der Waals surface area contributed by atoms with Gasteiger partial charge in [0.1, 0.15) is 0 Å².